The van der Waals surface area contributed by atoms with E-state index < -0.39 is 0 Å². The maximum atomic E-state index is 9.16. The SMILES string of the molecule is N#Cc1cc(Br)ccc1NC1CCCCCCC1. The molecule has 1 N–H and O–H groups in total. The molecule has 0 amide bonds. The summed E-state index contributed by atoms with van der Waals surface area (Å²) in [5.74, 6) is 0. The molecule has 1 aromatic carbocycles. The summed E-state index contributed by atoms with van der Waals surface area (Å²) in [6, 6.07) is 8.66. The lowest BCUT2D eigenvalue weighted by Gasteiger charge is -2.22. The third-order valence-electron chi connectivity index (χ3n) is 3.57. The van der Waals surface area contributed by atoms with Crippen LogP contribution in [0.5, 0.6) is 0 Å². The van der Waals surface area contributed by atoms with E-state index in [1.54, 1.807) is 0 Å². The summed E-state index contributed by atoms with van der Waals surface area (Å²) < 4.78 is 0.960. The monoisotopic (exact) mass is 306 g/mol. The molecule has 1 fully saturated rings. The minimum absolute atomic E-state index is 0.526. The highest BCUT2D eigenvalue weighted by atomic mass is 79.9. The second-order valence-electron chi connectivity index (χ2n) is 4.99. The molecule has 1 saturated carbocycles. The van der Waals surface area contributed by atoms with E-state index in [4.69, 9.17) is 5.26 Å². The molecular formula is C15H19BrN2. The third-order valence-corrected chi connectivity index (χ3v) is 4.06. The van der Waals surface area contributed by atoms with Crippen molar-refractivity contribution in [3.63, 3.8) is 0 Å². The Labute approximate surface area is 118 Å². The lowest BCUT2D eigenvalue weighted by molar-refractivity contribution is 0.471. The van der Waals surface area contributed by atoms with Gasteiger partial charge in [0.1, 0.15) is 6.07 Å². The van der Waals surface area contributed by atoms with Crippen LogP contribution >= 0.6 is 15.9 Å². The Morgan fingerprint density at radius 1 is 1.11 bits per heavy atom. The lowest BCUT2D eigenvalue weighted by atomic mass is 9.96. The summed E-state index contributed by atoms with van der Waals surface area (Å²) in [5.41, 5.74) is 1.71. The van der Waals surface area contributed by atoms with Gasteiger partial charge in [0.2, 0.25) is 0 Å². The summed E-state index contributed by atoms with van der Waals surface area (Å²) in [5, 5.41) is 12.7. The van der Waals surface area contributed by atoms with Gasteiger partial charge in [-0.2, -0.15) is 5.26 Å². The summed E-state index contributed by atoms with van der Waals surface area (Å²) >= 11 is 3.41. The van der Waals surface area contributed by atoms with Crippen molar-refractivity contribution in [1.29, 1.82) is 5.26 Å². The number of benzene rings is 1. The van der Waals surface area contributed by atoms with Crippen molar-refractivity contribution in [2.24, 2.45) is 0 Å². The van der Waals surface area contributed by atoms with E-state index in [0.717, 1.165) is 15.7 Å². The van der Waals surface area contributed by atoms with Crippen LogP contribution in [0.3, 0.4) is 0 Å². The van der Waals surface area contributed by atoms with Gasteiger partial charge in [0, 0.05) is 10.5 Å². The second kappa shape index (κ2) is 6.80. The molecule has 0 aromatic heterocycles. The molecule has 2 rings (SSSR count). The number of hydrogen-bond donors (Lipinski definition) is 1. The molecule has 0 saturated heterocycles. The minimum Gasteiger partial charge on any atom is -0.381 e. The Morgan fingerprint density at radius 3 is 2.44 bits per heavy atom. The van der Waals surface area contributed by atoms with Crippen molar-refractivity contribution in [3.8, 4) is 6.07 Å². The molecule has 18 heavy (non-hydrogen) atoms. The van der Waals surface area contributed by atoms with Gasteiger partial charge in [0.25, 0.3) is 0 Å². The van der Waals surface area contributed by atoms with Gasteiger partial charge in [-0.15, -0.1) is 0 Å². The third kappa shape index (κ3) is 3.74. The number of nitrogens with zero attached hydrogens (tertiary/aromatic N) is 1. The highest BCUT2D eigenvalue weighted by Crippen LogP contribution is 2.24. The van der Waals surface area contributed by atoms with Gasteiger partial charge in [-0.05, 0) is 31.0 Å². The second-order valence-corrected chi connectivity index (χ2v) is 5.90. The van der Waals surface area contributed by atoms with Gasteiger partial charge in [0.15, 0.2) is 0 Å². The maximum absolute atomic E-state index is 9.16. The largest absolute Gasteiger partial charge is 0.381 e. The van der Waals surface area contributed by atoms with Gasteiger partial charge in [0.05, 0.1) is 11.3 Å². The average molecular weight is 307 g/mol. The fourth-order valence-electron chi connectivity index (χ4n) is 2.56. The zero-order chi connectivity index (χ0) is 12.8. The zero-order valence-electron chi connectivity index (χ0n) is 10.6. The number of anilines is 1. The predicted octanol–water partition coefficient (Wildman–Crippen LogP) is 4.85. The first-order chi connectivity index (χ1) is 8.79. The average Bonchev–Trinajstić information content (AvgIpc) is 2.34. The number of halogens is 1. The highest BCUT2D eigenvalue weighted by molar-refractivity contribution is 9.10. The van der Waals surface area contributed by atoms with Crippen LogP contribution in [0.4, 0.5) is 5.69 Å². The van der Waals surface area contributed by atoms with E-state index in [-0.39, 0.29) is 0 Å². The Bertz CT molecular complexity index is 429. The Balaban J connectivity index is 2.05. The van der Waals surface area contributed by atoms with Crippen molar-refractivity contribution < 1.29 is 0 Å². The molecule has 0 spiro atoms. The molecule has 0 aliphatic heterocycles. The van der Waals surface area contributed by atoms with E-state index in [1.807, 2.05) is 18.2 Å². The zero-order valence-corrected chi connectivity index (χ0v) is 12.2. The fourth-order valence-corrected chi connectivity index (χ4v) is 2.92. The lowest BCUT2D eigenvalue weighted by Crippen LogP contribution is -2.21. The Hall–Kier alpha value is -1.01. The first-order valence-electron chi connectivity index (χ1n) is 6.76. The normalized spacial score (nSPS) is 17.6. The molecule has 1 aliphatic carbocycles. The van der Waals surface area contributed by atoms with E-state index >= 15 is 0 Å². The van der Waals surface area contributed by atoms with Crippen LogP contribution in [0.25, 0.3) is 0 Å². The number of nitriles is 1. The number of hydrogen-bond acceptors (Lipinski definition) is 2. The maximum Gasteiger partial charge on any atom is 0.101 e. The molecule has 3 heteroatoms. The molecule has 96 valence electrons. The van der Waals surface area contributed by atoms with E-state index in [9.17, 15) is 0 Å². The highest BCUT2D eigenvalue weighted by Gasteiger charge is 2.12. The summed E-state index contributed by atoms with van der Waals surface area (Å²) in [6.45, 7) is 0. The van der Waals surface area contributed by atoms with Crippen LogP contribution in [0.2, 0.25) is 0 Å². The molecule has 0 bridgehead atoms. The first-order valence-corrected chi connectivity index (χ1v) is 7.55. The quantitative estimate of drug-likeness (QED) is 0.848. The van der Waals surface area contributed by atoms with Crippen molar-refractivity contribution in [2.75, 3.05) is 5.32 Å². The van der Waals surface area contributed by atoms with Gasteiger partial charge in [-0.3, -0.25) is 0 Å². The molecule has 2 nitrogen and oxygen atoms in total. The van der Waals surface area contributed by atoms with Gasteiger partial charge >= 0.3 is 0 Å². The first kappa shape index (κ1) is 13.4. The molecule has 1 aliphatic rings. The molecule has 0 radical (unpaired) electrons. The number of rotatable bonds is 2. The molecule has 1 aromatic rings. The van der Waals surface area contributed by atoms with Crippen LogP contribution < -0.4 is 5.32 Å². The van der Waals surface area contributed by atoms with Crippen molar-refractivity contribution in [3.05, 3.63) is 28.2 Å². The minimum atomic E-state index is 0.526. The van der Waals surface area contributed by atoms with Crippen LogP contribution in [0.15, 0.2) is 22.7 Å². The van der Waals surface area contributed by atoms with E-state index in [1.165, 1.54) is 44.9 Å². The summed E-state index contributed by atoms with van der Waals surface area (Å²) in [6.07, 6.45) is 9.13. The Kier molecular flexibility index (Phi) is 5.07. The topological polar surface area (TPSA) is 35.8 Å². The van der Waals surface area contributed by atoms with Gasteiger partial charge in [-0.1, -0.05) is 48.0 Å². The van der Waals surface area contributed by atoms with Crippen LogP contribution in [0, 0.1) is 11.3 Å². The van der Waals surface area contributed by atoms with Crippen molar-refractivity contribution in [2.45, 2.75) is 51.0 Å². The molecule has 0 unspecified atom stereocenters. The smallest absolute Gasteiger partial charge is 0.101 e. The predicted molar refractivity (Wildman–Crippen MR) is 78.6 cm³/mol. The van der Waals surface area contributed by atoms with Gasteiger partial charge in [-0.25, -0.2) is 0 Å². The fraction of sp³-hybridized carbons (Fsp3) is 0.533. The summed E-state index contributed by atoms with van der Waals surface area (Å²) in [4.78, 5) is 0. The number of nitrogens with one attached hydrogen (secondary N) is 1. The van der Waals surface area contributed by atoms with Crippen LogP contribution in [-0.4, -0.2) is 6.04 Å². The van der Waals surface area contributed by atoms with Gasteiger partial charge < -0.3 is 5.32 Å². The standard InChI is InChI=1S/C15H19BrN2/c16-13-8-9-15(12(10-13)11-17)18-14-6-4-2-1-3-5-7-14/h8-10,14,18H,1-7H2. The molecule has 0 heterocycles. The van der Waals surface area contributed by atoms with Crippen LogP contribution in [-0.2, 0) is 0 Å². The van der Waals surface area contributed by atoms with Crippen molar-refractivity contribution in [1.82, 2.24) is 0 Å². The molecule has 0 atom stereocenters. The van der Waals surface area contributed by atoms with E-state index in [2.05, 4.69) is 27.3 Å². The summed E-state index contributed by atoms with van der Waals surface area (Å²) in [7, 11) is 0. The van der Waals surface area contributed by atoms with E-state index in [0.29, 0.717) is 6.04 Å². The molecular weight excluding hydrogens is 288 g/mol. The van der Waals surface area contributed by atoms with Crippen LogP contribution in [0.1, 0.15) is 50.5 Å². The Morgan fingerprint density at radius 2 is 1.78 bits per heavy atom. The van der Waals surface area contributed by atoms with Crippen molar-refractivity contribution >= 4 is 21.6 Å².